The first-order chi connectivity index (χ1) is 12.6. The first-order valence-corrected chi connectivity index (χ1v) is 8.40. The van der Waals surface area contributed by atoms with Crippen molar-refractivity contribution in [3.8, 4) is 0 Å². The standard InChI is InChI=1S/C20H18FN3O2/c1-13-3-2-4-16(9-13)22-20(25)18-10-17-12-26-19(11-24(17)23-18)14-5-7-15(21)8-6-14/h2-10,19H,11-12H2,1H3,(H,22,25). The predicted molar refractivity (Wildman–Crippen MR) is 95.3 cm³/mol. The van der Waals surface area contributed by atoms with Gasteiger partial charge in [0, 0.05) is 5.69 Å². The summed E-state index contributed by atoms with van der Waals surface area (Å²) in [5.41, 5.74) is 3.89. The Morgan fingerprint density at radius 2 is 2.04 bits per heavy atom. The number of carbonyl (C=O) groups excluding carboxylic acids is 1. The van der Waals surface area contributed by atoms with Crippen LogP contribution in [0.1, 0.15) is 33.4 Å². The van der Waals surface area contributed by atoms with E-state index in [2.05, 4.69) is 10.4 Å². The first-order valence-electron chi connectivity index (χ1n) is 8.40. The summed E-state index contributed by atoms with van der Waals surface area (Å²) in [6.07, 6.45) is -0.212. The number of aromatic nitrogens is 2. The van der Waals surface area contributed by atoms with E-state index in [0.717, 1.165) is 22.5 Å². The Bertz CT molecular complexity index is 950. The summed E-state index contributed by atoms with van der Waals surface area (Å²) in [5.74, 6) is -0.532. The zero-order valence-electron chi connectivity index (χ0n) is 14.3. The second-order valence-electron chi connectivity index (χ2n) is 6.38. The first kappa shape index (κ1) is 16.5. The topological polar surface area (TPSA) is 56.2 Å². The minimum absolute atomic E-state index is 0.212. The van der Waals surface area contributed by atoms with Crippen molar-refractivity contribution in [3.63, 3.8) is 0 Å². The number of hydrogen-bond acceptors (Lipinski definition) is 3. The zero-order chi connectivity index (χ0) is 18.1. The predicted octanol–water partition coefficient (Wildman–Crippen LogP) is 3.85. The Balaban J connectivity index is 1.50. The van der Waals surface area contributed by atoms with Crippen LogP contribution in [0.4, 0.5) is 10.1 Å². The van der Waals surface area contributed by atoms with Crippen molar-refractivity contribution in [2.45, 2.75) is 26.2 Å². The monoisotopic (exact) mass is 351 g/mol. The maximum Gasteiger partial charge on any atom is 0.276 e. The van der Waals surface area contributed by atoms with E-state index in [9.17, 15) is 9.18 Å². The average molecular weight is 351 g/mol. The summed E-state index contributed by atoms with van der Waals surface area (Å²) < 4.78 is 20.7. The van der Waals surface area contributed by atoms with Crippen LogP contribution in [0, 0.1) is 12.7 Å². The lowest BCUT2D eigenvalue weighted by atomic mass is 10.1. The van der Waals surface area contributed by atoms with Gasteiger partial charge in [-0.2, -0.15) is 5.10 Å². The van der Waals surface area contributed by atoms with E-state index < -0.39 is 0 Å². The molecule has 1 aliphatic heterocycles. The number of anilines is 1. The smallest absolute Gasteiger partial charge is 0.276 e. The summed E-state index contributed by atoms with van der Waals surface area (Å²) >= 11 is 0. The van der Waals surface area contributed by atoms with Crippen molar-refractivity contribution in [3.05, 3.63) is 82.9 Å². The van der Waals surface area contributed by atoms with Crippen LogP contribution in [-0.2, 0) is 17.9 Å². The van der Waals surface area contributed by atoms with Crippen molar-refractivity contribution in [2.75, 3.05) is 5.32 Å². The molecule has 1 N–H and O–H groups in total. The molecule has 0 aliphatic carbocycles. The average Bonchev–Trinajstić information content (AvgIpc) is 3.06. The minimum atomic E-state index is -0.278. The number of amides is 1. The summed E-state index contributed by atoms with van der Waals surface area (Å²) in [5, 5.41) is 7.27. The van der Waals surface area contributed by atoms with Gasteiger partial charge in [-0.1, -0.05) is 24.3 Å². The highest BCUT2D eigenvalue weighted by Gasteiger charge is 2.24. The molecule has 2 aromatic carbocycles. The van der Waals surface area contributed by atoms with E-state index in [-0.39, 0.29) is 17.8 Å². The lowest BCUT2D eigenvalue weighted by Gasteiger charge is -2.24. The Hall–Kier alpha value is -2.99. The number of benzene rings is 2. The number of aryl methyl sites for hydroxylation is 1. The Kier molecular flexibility index (Phi) is 4.26. The van der Waals surface area contributed by atoms with Gasteiger partial charge in [-0.15, -0.1) is 0 Å². The molecular weight excluding hydrogens is 333 g/mol. The van der Waals surface area contributed by atoms with Crippen LogP contribution in [0.25, 0.3) is 0 Å². The maximum atomic E-state index is 13.1. The second kappa shape index (κ2) is 6.72. The van der Waals surface area contributed by atoms with Crippen LogP contribution >= 0.6 is 0 Å². The van der Waals surface area contributed by atoms with Crippen LogP contribution in [0.2, 0.25) is 0 Å². The molecule has 1 atom stereocenters. The van der Waals surface area contributed by atoms with Crippen molar-refractivity contribution in [1.82, 2.24) is 9.78 Å². The van der Waals surface area contributed by atoms with Crippen LogP contribution in [0.5, 0.6) is 0 Å². The van der Waals surface area contributed by atoms with E-state index in [1.165, 1.54) is 12.1 Å². The van der Waals surface area contributed by atoms with Gasteiger partial charge in [0.25, 0.3) is 5.91 Å². The van der Waals surface area contributed by atoms with Crippen LogP contribution in [0.15, 0.2) is 54.6 Å². The summed E-state index contributed by atoms with van der Waals surface area (Å²) in [4.78, 5) is 12.5. The largest absolute Gasteiger partial charge is 0.365 e. The molecule has 1 amide bonds. The summed E-state index contributed by atoms with van der Waals surface area (Å²) in [6.45, 7) is 2.81. The summed E-state index contributed by atoms with van der Waals surface area (Å²) in [7, 11) is 0. The van der Waals surface area contributed by atoms with Crippen LogP contribution in [-0.4, -0.2) is 15.7 Å². The highest BCUT2D eigenvalue weighted by molar-refractivity contribution is 6.02. The molecule has 1 aromatic heterocycles. The highest BCUT2D eigenvalue weighted by Crippen LogP contribution is 2.27. The fraction of sp³-hybridized carbons (Fsp3) is 0.200. The van der Waals surface area contributed by atoms with Gasteiger partial charge < -0.3 is 10.1 Å². The van der Waals surface area contributed by atoms with Gasteiger partial charge in [-0.25, -0.2) is 4.39 Å². The molecule has 26 heavy (non-hydrogen) atoms. The van der Waals surface area contributed by atoms with Crippen molar-refractivity contribution < 1.29 is 13.9 Å². The van der Waals surface area contributed by atoms with Gasteiger partial charge in [-0.05, 0) is 48.4 Å². The van der Waals surface area contributed by atoms with Gasteiger partial charge in [0.2, 0.25) is 0 Å². The SMILES string of the molecule is Cc1cccc(NC(=O)c2cc3n(n2)CC(c2ccc(F)cc2)OC3)c1. The van der Waals surface area contributed by atoms with Crippen molar-refractivity contribution in [1.29, 1.82) is 0 Å². The molecule has 2 heterocycles. The van der Waals surface area contributed by atoms with Crippen LogP contribution in [0.3, 0.4) is 0 Å². The number of rotatable bonds is 3. The fourth-order valence-electron chi connectivity index (χ4n) is 3.03. The number of ether oxygens (including phenoxy) is 1. The lowest BCUT2D eigenvalue weighted by Crippen LogP contribution is -2.22. The lowest BCUT2D eigenvalue weighted by molar-refractivity contribution is -0.00122. The van der Waals surface area contributed by atoms with Crippen LogP contribution < -0.4 is 5.32 Å². The third-order valence-corrected chi connectivity index (χ3v) is 4.38. The van der Waals surface area contributed by atoms with E-state index in [0.29, 0.717) is 18.8 Å². The molecule has 1 unspecified atom stereocenters. The van der Waals surface area contributed by atoms with E-state index in [1.807, 2.05) is 31.2 Å². The van der Waals surface area contributed by atoms with Gasteiger partial charge in [-0.3, -0.25) is 9.48 Å². The van der Waals surface area contributed by atoms with Crippen molar-refractivity contribution >= 4 is 11.6 Å². The maximum absolute atomic E-state index is 13.1. The molecule has 3 aromatic rings. The third kappa shape index (κ3) is 3.36. The highest BCUT2D eigenvalue weighted by atomic mass is 19.1. The number of nitrogens with one attached hydrogen (secondary N) is 1. The Morgan fingerprint density at radius 1 is 1.23 bits per heavy atom. The zero-order valence-corrected chi connectivity index (χ0v) is 14.3. The Morgan fingerprint density at radius 3 is 2.81 bits per heavy atom. The van der Waals surface area contributed by atoms with E-state index in [1.54, 1.807) is 22.9 Å². The molecule has 0 spiro atoms. The third-order valence-electron chi connectivity index (χ3n) is 4.38. The number of halogens is 1. The molecule has 0 saturated carbocycles. The van der Waals surface area contributed by atoms with Gasteiger partial charge in [0.05, 0.1) is 18.8 Å². The van der Waals surface area contributed by atoms with E-state index >= 15 is 0 Å². The molecule has 0 radical (unpaired) electrons. The number of fused-ring (bicyclic) bond motifs is 1. The van der Waals surface area contributed by atoms with E-state index in [4.69, 9.17) is 4.74 Å². The molecule has 0 fully saturated rings. The minimum Gasteiger partial charge on any atom is -0.365 e. The molecule has 1 aliphatic rings. The molecule has 6 heteroatoms. The normalized spacial score (nSPS) is 16.2. The summed E-state index contributed by atoms with van der Waals surface area (Å²) in [6, 6.07) is 15.6. The second-order valence-corrected chi connectivity index (χ2v) is 6.38. The molecule has 0 bridgehead atoms. The number of nitrogens with zero attached hydrogens (tertiary/aromatic N) is 2. The Labute approximate surface area is 150 Å². The quantitative estimate of drug-likeness (QED) is 0.780. The molecular formula is C20H18FN3O2. The number of carbonyl (C=O) groups is 1. The van der Waals surface area contributed by atoms with Gasteiger partial charge in [0.15, 0.2) is 5.69 Å². The molecule has 5 nitrogen and oxygen atoms in total. The molecule has 0 saturated heterocycles. The fourth-order valence-corrected chi connectivity index (χ4v) is 3.03. The van der Waals surface area contributed by atoms with Gasteiger partial charge in [0.1, 0.15) is 11.9 Å². The van der Waals surface area contributed by atoms with Crippen molar-refractivity contribution in [2.24, 2.45) is 0 Å². The number of hydrogen-bond donors (Lipinski definition) is 1. The molecule has 4 rings (SSSR count). The molecule has 132 valence electrons. The van der Waals surface area contributed by atoms with Gasteiger partial charge >= 0.3 is 0 Å².